The molecule has 106 valence electrons. The summed E-state index contributed by atoms with van der Waals surface area (Å²) in [7, 11) is 0. The zero-order valence-corrected chi connectivity index (χ0v) is 11.9. The summed E-state index contributed by atoms with van der Waals surface area (Å²) in [5, 5.41) is 27.4. The number of hydrogen-bond acceptors (Lipinski definition) is 4. The molecule has 0 saturated heterocycles. The number of nitrogens with zero attached hydrogens (tertiary/aromatic N) is 2. The maximum atomic E-state index is 9.39. The van der Waals surface area contributed by atoms with Crippen LogP contribution in [0.25, 0.3) is 0 Å². The van der Waals surface area contributed by atoms with E-state index in [9.17, 15) is 10.2 Å². The molecular weight excluding hydrogens is 264 g/mol. The van der Waals surface area contributed by atoms with Gasteiger partial charge in [-0.1, -0.05) is 0 Å². The van der Waals surface area contributed by atoms with Crippen LogP contribution < -0.4 is 0 Å². The zero-order valence-electron chi connectivity index (χ0n) is 11.9. The van der Waals surface area contributed by atoms with Gasteiger partial charge in [0.15, 0.2) is 0 Å². The van der Waals surface area contributed by atoms with E-state index >= 15 is 0 Å². The molecule has 0 spiro atoms. The predicted molar refractivity (Wildman–Crippen MR) is 83.1 cm³/mol. The van der Waals surface area contributed by atoms with Crippen LogP contribution in [0.3, 0.4) is 0 Å². The van der Waals surface area contributed by atoms with E-state index in [-0.39, 0.29) is 16.9 Å². The van der Waals surface area contributed by atoms with Gasteiger partial charge in [-0.25, -0.2) is 0 Å². The van der Waals surface area contributed by atoms with Gasteiger partial charge in [-0.15, -0.1) is 0 Å². The van der Waals surface area contributed by atoms with E-state index in [1.807, 2.05) is 24.3 Å². The fourth-order valence-electron chi connectivity index (χ4n) is 2.54. The third-order valence-electron chi connectivity index (χ3n) is 3.72. The quantitative estimate of drug-likeness (QED) is 0.886. The van der Waals surface area contributed by atoms with Crippen molar-refractivity contribution in [2.24, 2.45) is 15.6 Å². The minimum atomic E-state index is -0.339. The number of aromatic hydroxyl groups is 2. The number of rotatable bonds is 2. The largest absolute Gasteiger partial charge is 0.508 e. The molecule has 1 aliphatic heterocycles. The van der Waals surface area contributed by atoms with Gasteiger partial charge in [0.2, 0.25) is 0 Å². The first-order valence-electron chi connectivity index (χ1n) is 6.74. The monoisotopic (exact) mass is 280 g/mol. The molecule has 2 aromatic carbocycles. The summed E-state index contributed by atoms with van der Waals surface area (Å²) in [4.78, 5) is 0. The van der Waals surface area contributed by atoms with Gasteiger partial charge in [-0.3, -0.25) is 0 Å². The van der Waals surface area contributed by atoms with Gasteiger partial charge in [0.1, 0.15) is 11.5 Å². The number of hydrogen-bond donors (Lipinski definition) is 2. The molecule has 1 aliphatic rings. The van der Waals surface area contributed by atoms with Crippen LogP contribution in [0.4, 0.5) is 0 Å². The van der Waals surface area contributed by atoms with Gasteiger partial charge < -0.3 is 10.2 Å². The second kappa shape index (κ2) is 4.74. The van der Waals surface area contributed by atoms with Crippen molar-refractivity contribution in [3.8, 4) is 11.5 Å². The molecule has 0 saturated carbocycles. The summed E-state index contributed by atoms with van der Waals surface area (Å²) in [6.07, 6.45) is 0. The SMILES string of the molecule is CC1(C)C(c2ccc(O)cc2)=NN=C1c1ccc(O)cc1. The third kappa shape index (κ3) is 2.29. The molecule has 1 heterocycles. The number of phenols is 2. The molecule has 0 aliphatic carbocycles. The average Bonchev–Trinajstić information content (AvgIpc) is 2.76. The van der Waals surface area contributed by atoms with E-state index in [2.05, 4.69) is 24.1 Å². The van der Waals surface area contributed by atoms with E-state index < -0.39 is 0 Å². The summed E-state index contributed by atoms with van der Waals surface area (Å²) in [5.41, 5.74) is 3.27. The fraction of sp³-hybridized carbons (Fsp3) is 0.176. The Bertz CT molecular complexity index is 663. The van der Waals surface area contributed by atoms with Crippen molar-refractivity contribution in [1.82, 2.24) is 0 Å². The van der Waals surface area contributed by atoms with E-state index in [0.29, 0.717) is 0 Å². The topological polar surface area (TPSA) is 65.2 Å². The molecule has 2 N–H and O–H groups in total. The molecule has 0 unspecified atom stereocenters. The molecule has 0 amide bonds. The molecule has 0 radical (unpaired) electrons. The van der Waals surface area contributed by atoms with Crippen molar-refractivity contribution in [3.05, 3.63) is 59.7 Å². The average molecular weight is 280 g/mol. The van der Waals surface area contributed by atoms with Gasteiger partial charge in [0.25, 0.3) is 0 Å². The Hall–Kier alpha value is -2.62. The van der Waals surface area contributed by atoms with Crippen LogP contribution in [0.2, 0.25) is 0 Å². The summed E-state index contributed by atoms with van der Waals surface area (Å²) >= 11 is 0. The molecule has 0 bridgehead atoms. The van der Waals surface area contributed by atoms with Crippen LogP contribution in [-0.2, 0) is 0 Å². The van der Waals surface area contributed by atoms with Gasteiger partial charge in [-0.2, -0.15) is 10.2 Å². The maximum Gasteiger partial charge on any atom is 0.115 e. The highest BCUT2D eigenvalue weighted by molar-refractivity contribution is 6.25. The fourth-order valence-corrected chi connectivity index (χ4v) is 2.54. The van der Waals surface area contributed by atoms with E-state index in [0.717, 1.165) is 22.6 Å². The van der Waals surface area contributed by atoms with Crippen molar-refractivity contribution < 1.29 is 10.2 Å². The highest BCUT2D eigenvalue weighted by Gasteiger charge is 2.37. The second-order valence-electron chi connectivity index (χ2n) is 5.62. The molecule has 21 heavy (non-hydrogen) atoms. The van der Waals surface area contributed by atoms with Gasteiger partial charge in [0, 0.05) is 0 Å². The van der Waals surface area contributed by atoms with Gasteiger partial charge >= 0.3 is 0 Å². The molecule has 0 fully saturated rings. The van der Waals surface area contributed by atoms with Crippen molar-refractivity contribution >= 4 is 11.4 Å². The molecule has 2 aromatic rings. The molecular formula is C17H16N2O2. The van der Waals surface area contributed by atoms with Crippen molar-refractivity contribution in [2.45, 2.75) is 13.8 Å². The van der Waals surface area contributed by atoms with E-state index in [1.54, 1.807) is 24.3 Å². The van der Waals surface area contributed by atoms with Crippen LogP contribution >= 0.6 is 0 Å². The van der Waals surface area contributed by atoms with Gasteiger partial charge in [0.05, 0.1) is 16.8 Å². The molecule has 3 rings (SSSR count). The number of benzene rings is 2. The van der Waals surface area contributed by atoms with Crippen LogP contribution in [0.5, 0.6) is 11.5 Å². The Morgan fingerprint density at radius 2 is 1.00 bits per heavy atom. The summed E-state index contributed by atoms with van der Waals surface area (Å²) in [6, 6.07) is 13.9. The normalized spacial score (nSPS) is 16.5. The van der Waals surface area contributed by atoms with Gasteiger partial charge in [-0.05, 0) is 73.5 Å². The second-order valence-corrected chi connectivity index (χ2v) is 5.62. The summed E-state index contributed by atoms with van der Waals surface area (Å²) in [5.74, 6) is 0.463. The first-order chi connectivity index (χ1) is 9.98. The summed E-state index contributed by atoms with van der Waals surface area (Å²) < 4.78 is 0. The van der Waals surface area contributed by atoms with Crippen LogP contribution in [0.1, 0.15) is 25.0 Å². The lowest BCUT2D eigenvalue weighted by Crippen LogP contribution is -2.31. The van der Waals surface area contributed by atoms with Crippen molar-refractivity contribution in [1.29, 1.82) is 0 Å². The maximum absolute atomic E-state index is 9.39. The Morgan fingerprint density at radius 3 is 1.33 bits per heavy atom. The highest BCUT2D eigenvalue weighted by Crippen LogP contribution is 2.33. The Morgan fingerprint density at radius 1 is 0.667 bits per heavy atom. The first kappa shape index (κ1) is 13.4. The van der Waals surface area contributed by atoms with Crippen LogP contribution in [0, 0.1) is 5.41 Å². The Kier molecular flexibility index (Phi) is 3.01. The smallest absolute Gasteiger partial charge is 0.115 e. The highest BCUT2D eigenvalue weighted by atomic mass is 16.3. The molecule has 4 heteroatoms. The summed E-state index contributed by atoms with van der Waals surface area (Å²) in [6.45, 7) is 4.13. The van der Waals surface area contributed by atoms with Crippen LogP contribution in [0.15, 0.2) is 58.7 Å². The third-order valence-corrected chi connectivity index (χ3v) is 3.72. The first-order valence-corrected chi connectivity index (χ1v) is 6.74. The van der Waals surface area contributed by atoms with Crippen molar-refractivity contribution in [3.63, 3.8) is 0 Å². The lowest BCUT2D eigenvalue weighted by Gasteiger charge is -2.23. The Labute approximate surface area is 123 Å². The molecule has 4 nitrogen and oxygen atoms in total. The van der Waals surface area contributed by atoms with Crippen molar-refractivity contribution in [2.75, 3.05) is 0 Å². The minimum absolute atomic E-state index is 0.231. The lowest BCUT2D eigenvalue weighted by molar-refractivity contribution is 0.475. The standard InChI is InChI=1S/C17H16N2O2/c1-17(2)15(11-3-7-13(20)8-4-11)18-19-16(17)12-5-9-14(21)10-6-12/h3-10,20-21H,1-2H3. The van der Waals surface area contributed by atoms with E-state index in [4.69, 9.17) is 0 Å². The predicted octanol–water partition coefficient (Wildman–Crippen LogP) is 3.33. The number of phenolic OH excluding ortho intramolecular Hbond substituents is 2. The molecule has 0 atom stereocenters. The Balaban J connectivity index is 1.96. The zero-order chi connectivity index (χ0) is 15.0. The van der Waals surface area contributed by atoms with Crippen LogP contribution in [-0.4, -0.2) is 21.6 Å². The minimum Gasteiger partial charge on any atom is -0.508 e. The lowest BCUT2D eigenvalue weighted by atomic mass is 9.77. The molecule has 0 aromatic heterocycles. The van der Waals surface area contributed by atoms with E-state index in [1.165, 1.54) is 0 Å².